The monoisotopic (exact) mass is 338 g/mol. The molecule has 2 aromatic rings. The fourth-order valence-corrected chi connectivity index (χ4v) is 2.59. The van der Waals surface area contributed by atoms with E-state index in [1.165, 1.54) is 0 Å². The van der Waals surface area contributed by atoms with Crippen molar-refractivity contribution in [1.82, 2.24) is 9.55 Å². The second kappa shape index (κ2) is 5.20. The highest BCUT2D eigenvalue weighted by Gasteiger charge is 2.38. The molecule has 1 aromatic carbocycles. The predicted octanol–water partition coefficient (Wildman–Crippen LogP) is 3.63. The topological polar surface area (TPSA) is 55.1 Å². The number of carboxylic acid groups (broad SMARTS) is 1. The van der Waals surface area contributed by atoms with E-state index in [4.69, 9.17) is 0 Å². The molecule has 1 unspecified atom stereocenters. The minimum absolute atomic E-state index is 0.0338. The van der Waals surface area contributed by atoms with Gasteiger partial charge in [0.05, 0.1) is 16.4 Å². The highest BCUT2D eigenvalue weighted by molar-refractivity contribution is 9.10. The third-order valence-electron chi connectivity index (χ3n) is 4.22. The van der Waals surface area contributed by atoms with Crippen LogP contribution in [0.2, 0.25) is 0 Å². The second-order valence-electron chi connectivity index (χ2n) is 5.77. The van der Waals surface area contributed by atoms with Gasteiger partial charge in [0, 0.05) is 17.9 Å². The standard InChI is InChI=1S/C15H19BrN2O2/c1-9(2)15(3,14(19)20)8-13-17-11-7-10(16)5-6-12(11)18(13)4/h5-7,9H,8H2,1-4H3,(H,19,20). The predicted molar refractivity (Wildman–Crippen MR) is 82.7 cm³/mol. The van der Waals surface area contributed by atoms with Crippen LogP contribution in [0.3, 0.4) is 0 Å². The largest absolute Gasteiger partial charge is 0.481 e. The van der Waals surface area contributed by atoms with E-state index < -0.39 is 11.4 Å². The first-order valence-electron chi connectivity index (χ1n) is 6.60. The number of imidazole rings is 1. The zero-order valence-electron chi connectivity index (χ0n) is 12.1. The zero-order chi connectivity index (χ0) is 15.1. The number of fused-ring (bicyclic) bond motifs is 1. The van der Waals surface area contributed by atoms with Gasteiger partial charge in [0.1, 0.15) is 5.82 Å². The maximum atomic E-state index is 11.6. The summed E-state index contributed by atoms with van der Waals surface area (Å²) < 4.78 is 2.95. The molecule has 0 spiro atoms. The molecule has 4 nitrogen and oxygen atoms in total. The maximum absolute atomic E-state index is 11.6. The molecule has 2 rings (SSSR count). The van der Waals surface area contributed by atoms with Crippen LogP contribution in [0.1, 0.15) is 26.6 Å². The van der Waals surface area contributed by atoms with E-state index in [-0.39, 0.29) is 5.92 Å². The number of rotatable bonds is 4. The SMILES string of the molecule is CC(C)C(C)(Cc1nc2cc(Br)ccc2n1C)C(=O)O. The summed E-state index contributed by atoms with van der Waals surface area (Å²) in [6, 6.07) is 5.91. The Morgan fingerprint density at radius 1 is 1.50 bits per heavy atom. The minimum atomic E-state index is -0.813. The smallest absolute Gasteiger partial charge is 0.310 e. The van der Waals surface area contributed by atoms with Crippen LogP contribution in [0.25, 0.3) is 11.0 Å². The number of nitrogens with zero attached hydrogens (tertiary/aromatic N) is 2. The highest BCUT2D eigenvalue weighted by Crippen LogP contribution is 2.32. The molecule has 1 aromatic heterocycles. The molecule has 0 aliphatic carbocycles. The molecule has 0 aliphatic rings. The van der Waals surface area contributed by atoms with Gasteiger partial charge in [-0.15, -0.1) is 0 Å². The average Bonchev–Trinajstić information content (AvgIpc) is 2.65. The lowest BCUT2D eigenvalue weighted by atomic mass is 9.76. The average molecular weight is 339 g/mol. The Labute approximate surface area is 126 Å². The lowest BCUT2D eigenvalue weighted by Gasteiger charge is -2.28. The molecule has 0 fully saturated rings. The molecule has 0 saturated heterocycles. The molecule has 0 saturated carbocycles. The summed E-state index contributed by atoms with van der Waals surface area (Å²) in [4.78, 5) is 16.2. The van der Waals surface area contributed by atoms with E-state index in [0.29, 0.717) is 6.42 Å². The number of carboxylic acids is 1. The van der Waals surface area contributed by atoms with Gasteiger partial charge in [-0.2, -0.15) is 0 Å². The van der Waals surface area contributed by atoms with Crippen molar-refractivity contribution in [3.05, 3.63) is 28.5 Å². The third kappa shape index (κ3) is 2.46. The van der Waals surface area contributed by atoms with Gasteiger partial charge >= 0.3 is 5.97 Å². The van der Waals surface area contributed by atoms with Gasteiger partial charge in [-0.1, -0.05) is 29.8 Å². The van der Waals surface area contributed by atoms with Crippen LogP contribution in [0.5, 0.6) is 0 Å². The van der Waals surface area contributed by atoms with E-state index in [1.54, 1.807) is 6.92 Å². The molecule has 1 N–H and O–H groups in total. The van der Waals surface area contributed by atoms with Crippen LogP contribution in [0.15, 0.2) is 22.7 Å². The number of aromatic nitrogens is 2. The summed E-state index contributed by atoms with van der Waals surface area (Å²) in [5, 5.41) is 9.53. The Bertz CT molecular complexity index is 663. The van der Waals surface area contributed by atoms with Gasteiger partial charge in [0.2, 0.25) is 0 Å². The van der Waals surface area contributed by atoms with E-state index in [1.807, 2.05) is 43.7 Å². The zero-order valence-corrected chi connectivity index (χ0v) is 13.7. The van der Waals surface area contributed by atoms with Crippen molar-refractivity contribution in [3.8, 4) is 0 Å². The molecule has 1 heterocycles. The van der Waals surface area contributed by atoms with Gasteiger partial charge in [-0.25, -0.2) is 4.98 Å². The van der Waals surface area contributed by atoms with Crippen molar-refractivity contribution in [2.75, 3.05) is 0 Å². The van der Waals surface area contributed by atoms with Crippen LogP contribution in [0, 0.1) is 11.3 Å². The number of carbonyl (C=O) groups is 1. The molecule has 5 heteroatoms. The van der Waals surface area contributed by atoms with Crippen LogP contribution in [-0.2, 0) is 18.3 Å². The molecule has 1 atom stereocenters. The first-order valence-corrected chi connectivity index (χ1v) is 7.39. The molecule has 0 radical (unpaired) electrons. The van der Waals surface area contributed by atoms with E-state index in [9.17, 15) is 9.90 Å². The van der Waals surface area contributed by atoms with Crippen molar-refractivity contribution in [1.29, 1.82) is 0 Å². The molecule has 108 valence electrons. The van der Waals surface area contributed by atoms with E-state index in [0.717, 1.165) is 21.3 Å². The van der Waals surface area contributed by atoms with Gasteiger partial charge in [-0.05, 0) is 31.0 Å². The third-order valence-corrected chi connectivity index (χ3v) is 4.72. The van der Waals surface area contributed by atoms with Crippen molar-refractivity contribution in [2.45, 2.75) is 27.2 Å². The van der Waals surface area contributed by atoms with Crippen molar-refractivity contribution in [3.63, 3.8) is 0 Å². The van der Waals surface area contributed by atoms with Crippen LogP contribution < -0.4 is 0 Å². The van der Waals surface area contributed by atoms with Crippen LogP contribution >= 0.6 is 15.9 Å². The Morgan fingerprint density at radius 2 is 2.15 bits per heavy atom. The van der Waals surface area contributed by atoms with Gasteiger partial charge < -0.3 is 9.67 Å². The number of halogens is 1. The quantitative estimate of drug-likeness (QED) is 0.926. The molecule has 0 amide bonds. The fraction of sp³-hybridized carbons (Fsp3) is 0.467. The van der Waals surface area contributed by atoms with Crippen molar-refractivity contribution < 1.29 is 9.90 Å². The number of aryl methyl sites for hydroxylation is 1. The van der Waals surface area contributed by atoms with Crippen LogP contribution in [-0.4, -0.2) is 20.6 Å². The summed E-state index contributed by atoms with van der Waals surface area (Å²) in [5.41, 5.74) is 1.08. The lowest BCUT2D eigenvalue weighted by Crippen LogP contribution is -2.36. The maximum Gasteiger partial charge on any atom is 0.310 e. The summed E-state index contributed by atoms with van der Waals surface area (Å²) >= 11 is 3.43. The number of hydrogen-bond donors (Lipinski definition) is 1. The molecule has 20 heavy (non-hydrogen) atoms. The second-order valence-corrected chi connectivity index (χ2v) is 6.69. The van der Waals surface area contributed by atoms with Gasteiger partial charge in [-0.3, -0.25) is 4.79 Å². The Morgan fingerprint density at radius 3 is 2.70 bits per heavy atom. The summed E-state index contributed by atoms with van der Waals surface area (Å²) in [6.45, 7) is 5.66. The number of hydrogen-bond acceptors (Lipinski definition) is 2. The van der Waals surface area contributed by atoms with Crippen LogP contribution in [0.4, 0.5) is 0 Å². The van der Waals surface area contributed by atoms with Crippen molar-refractivity contribution in [2.24, 2.45) is 18.4 Å². The lowest BCUT2D eigenvalue weighted by molar-refractivity contribution is -0.150. The Hall–Kier alpha value is -1.36. The Kier molecular flexibility index (Phi) is 3.91. The highest BCUT2D eigenvalue weighted by atomic mass is 79.9. The molecular formula is C15H19BrN2O2. The first-order chi connectivity index (χ1) is 9.25. The summed E-state index contributed by atoms with van der Waals surface area (Å²) in [7, 11) is 1.93. The molecule has 0 aliphatic heterocycles. The van der Waals surface area contributed by atoms with E-state index >= 15 is 0 Å². The summed E-state index contributed by atoms with van der Waals surface area (Å²) in [6.07, 6.45) is 0.419. The normalized spacial score (nSPS) is 14.7. The van der Waals surface area contributed by atoms with Gasteiger partial charge in [0.15, 0.2) is 0 Å². The van der Waals surface area contributed by atoms with E-state index in [2.05, 4.69) is 20.9 Å². The number of benzene rings is 1. The molecular weight excluding hydrogens is 320 g/mol. The summed E-state index contributed by atoms with van der Waals surface area (Å²) in [5.74, 6) is 0.0592. The van der Waals surface area contributed by atoms with Crippen molar-refractivity contribution >= 4 is 32.9 Å². The molecule has 0 bridgehead atoms. The van der Waals surface area contributed by atoms with Gasteiger partial charge in [0.25, 0.3) is 0 Å². The first kappa shape index (κ1) is 15.0. The fourth-order valence-electron chi connectivity index (χ4n) is 2.24. The minimum Gasteiger partial charge on any atom is -0.481 e. The Balaban J connectivity index is 2.48. The number of aliphatic carboxylic acids is 1.